The maximum absolute atomic E-state index is 3.92. The molecule has 84 valence electrons. The molecule has 1 N–H and O–H groups in total. The molecule has 1 heteroatoms. The molecule has 1 atom stereocenters. The van der Waals surface area contributed by atoms with Crippen molar-refractivity contribution in [1.82, 2.24) is 5.32 Å². The molecule has 0 saturated heterocycles. The lowest BCUT2D eigenvalue weighted by molar-refractivity contribution is 0.368. The highest BCUT2D eigenvalue weighted by molar-refractivity contribution is 4.87. The Kier molecular flexibility index (Phi) is 6.10. The van der Waals surface area contributed by atoms with Gasteiger partial charge in [-0.05, 0) is 59.4 Å². The molecule has 0 rings (SSSR count). The van der Waals surface area contributed by atoms with Crippen molar-refractivity contribution in [2.45, 2.75) is 59.4 Å². The van der Waals surface area contributed by atoms with E-state index in [0.717, 1.165) is 12.5 Å². The molecule has 0 aromatic carbocycles. The summed E-state index contributed by atoms with van der Waals surface area (Å²) >= 11 is 0. The number of hydrogen-bond donors (Lipinski definition) is 1. The SMILES string of the molecule is C=C(C)CCCC(C)CNC(C)(C)C. The van der Waals surface area contributed by atoms with Gasteiger partial charge in [-0.25, -0.2) is 0 Å². The molecule has 1 nitrogen and oxygen atoms in total. The van der Waals surface area contributed by atoms with Crippen LogP contribution in [0.3, 0.4) is 0 Å². The molecule has 0 spiro atoms. The third kappa shape index (κ3) is 9.79. The van der Waals surface area contributed by atoms with E-state index in [1.54, 1.807) is 0 Å². The summed E-state index contributed by atoms with van der Waals surface area (Å²) < 4.78 is 0. The second-order valence-electron chi connectivity index (χ2n) is 5.59. The monoisotopic (exact) mass is 197 g/mol. The Hall–Kier alpha value is -0.300. The maximum Gasteiger partial charge on any atom is 0.00966 e. The fourth-order valence-corrected chi connectivity index (χ4v) is 1.33. The number of allylic oxidation sites excluding steroid dienone is 1. The van der Waals surface area contributed by atoms with Crippen molar-refractivity contribution in [2.75, 3.05) is 6.54 Å². The van der Waals surface area contributed by atoms with E-state index in [1.807, 2.05) is 0 Å². The van der Waals surface area contributed by atoms with Crippen molar-refractivity contribution in [2.24, 2.45) is 5.92 Å². The smallest absolute Gasteiger partial charge is 0.00966 e. The summed E-state index contributed by atoms with van der Waals surface area (Å²) in [7, 11) is 0. The highest BCUT2D eigenvalue weighted by Crippen LogP contribution is 2.11. The minimum Gasteiger partial charge on any atom is -0.312 e. The predicted octanol–water partition coefficient (Wildman–Crippen LogP) is 3.76. The summed E-state index contributed by atoms with van der Waals surface area (Å²) in [5.41, 5.74) is 1.56. The normalized spacial score (nSPS) is 14.1. The molecule has 0 aromatic heterocycles. The minimum atomic E-state index is 0.253. The van der Waals surface area contributed by atoms with Crippen LogP contribution in [0.25, 0.3) is 0 Å². The van der Waals surface area contributed by atoms with Crippen molar-refractivity contribution in [1.29, 1.82) is 0 Å². The van der Waals surface area contributed by atoms with Gasteiger partial charge in [0, 0.05) is 5.54 Å². The van der Waals surface area contributed by atoms with Crippen LogP contribution in [0.15, 0.2) is 12.2 Å². The van der Waals surface area contributed by atoms with Gasteiger partial charge >= 0.3 is 0 Å². The predicted molar refractivity (Wildman–Crippen MR) is 65.6 cm³/mol. The van der Waals surface area contributed by atoms with E-state index in [1.165, 1.54) is 24.8 Å². The van der Waals surface area contributed by atoms with Crippen LogP contribution in [0, 0.1) is 5.92 Å². The van der Waals surface area contributed by atoms with Crippen LogP contribution in [0.1, 0.15) is 53.9 Å². The standard InChI is InChI=1S/C13H27N/c1-11(2)8-7-9-12(3)10-14-13(4,5)6/h12,14H,1,7-10H2,2-6H3. The Labute approximate surface area is 90.0 Å². The van der Waals surface area contributed by atoms with Gasteiger partial charge in [0.15, 0.2) is 0 Å². The quantitative estimate of drug-likeness (QED) is 0.639. The molecule has 0 fully saturated rings. The lowest BCUT2D eigenvalue weighted by atomic mass is 10.0. The maximum atomic E-state index is 3.92. The average molecular weight is 197 g/mol. The molecule has 0 aromatic rings. The van der Waals surface area contributed by atoms with E-state index in [-0.39, 0.29) is 5.54 Å². The molecule has 14 heavy (non-hydrogen) atoms. The van der Waals surface area contributed by atoms with Gasteiger partial charge < -0.3 is 5.32 Å². The molecular formula is C13H27N. The topological polar surface area (TPSA) is 12.0 Å². The van der Waals surface area contributed by atoms with Crippen LogP contribution < -0.4 is 5.32 Å². The molecular weight excluding hydrogens is 170 g/mol. The Bertz CT molecular complexity index is 165. The van der Waals surface area contributed by atoms with Crippen molar-refractivity contribution in [3.63, 3.8) is 0 Å². The molecule has 0 bridgehead atoms. The largest absolute Gasteiger partial charge is 0.312 e. The zero-order chi connectivity index (χ0) is 11.2. The molecule has 0 radical (unpaired) electrons. The van der Waals surface area contributed by atoms with Crippen LogP contribution >= 0.6 is 0 Å². The third-order valence-electron chi connectivity index (χ3n) is 2.28. The first-order valence-electron chi connectivity index (χ1n) is 5.70. The van der Waals surface area contributed by atoms with E-state index in [2.05, 4.69) is 46.5 Å². The van der Waals surface area contributed by atoms with Crippen LogP contribution in [0.2, 0.25) is 0 Å². The van der Waals surface area contributed by atoms with E-state index in [0.29, 0.717) is 0 Å². The second-order valence-corrected chi connectivity index (χ2v) is 5.59. The second kappa shape index (κ2) is 6.23. The molecule has 1 unspecified atom stereocenters. The van der Waals surface area contributed by atoms with Gasteiger partial charge in [-0.2, -0.15) is 0 Å². The first-order valence-corrected chi connectivity index (χ1v) is 5.70. The van der Waals surface area contributed by atoms with Crippen LogP contribution in [-0.4, -0.2) is 12.1 Å². The van der Waals surface area contributed by atoms with E-state index in [9.17, 15) is 0 Å². The van der Waals surface area contributed by atoms with Crippen molar-refractivity contribution < 1.29 is 0 Å². The fraction of sp³-hybridized carbons (Fsp3) is 0.846. The van der Waals surface area contributed by atoms with Gasteiger partial charge in [-0.1, -0.05) is 12.5 Å². The Morgan fingerprint density at radius 2 is 1.93 bits per heavy atom. The number of nitrogens with one attached hydrogen (secondary N) is 1. The molecule has 0 aliphatic carbocycles. The molecule has 0 saturated carbocycles. The zero-order valence-corrected chi connectivity index (χ0v) is 10.6. The van der Waals surface area contributed by atoms with Gasteiger partial charge in [-0.3, -0.25) is 0 Å². The van der Waals surface area contributed by atoms with E-state index >= 15 is 0 Å². The summed E-state index contributed by atoms with van der Waals surface area (Å²) in [6, 6.07) is 0. The lowest BCUT2D eigenvalue weighted by Gasteiger charge is -2.23. The molecule has 0 aliphatic heterocycles. The number of rotatable bonds is 6. The fourth-order valence-electron chi connectivity index (χ4n) is 1.33. The Morgan fingerprint density at radius 3 is 2.36 bits per heavy atom. The molecule has 0 amide bonds. The summed E-state index contributed by atoms with van der Waals surface area (Å²) in [4.78, 5) is 0. The summed E-state index contributed by atoms with van der Waals surface area (Å²) in [5, 5.41) is 3.54. The summed E-state index contributed by atoms with van der Waals surface area (Å²) in [6.45, 7) is 16.1. The van der Waals surface area contributed by atoms with Gasteiger partial charge in [-0.15, -0.1) is 6.58 Å². The summed E-state index contributed by atoms with van der Waals surface area (Å²) in [6.07, 6.45) is 3.76. The Balaban J connectivity index is 3.46. The van der Waals surface area contributed by atoms with Gasteiger partial charge in [0.05, 0.1) is 0 Å². The van der Waals surface area contributed by atoms with Crippen LogP contribution in [0.4, 0.5) is 0 Å². The lowest BCUT2D eigenvalue weighted by Crippen LogP contribution is -2.38. The first-order chi connectivity index (χ1) is 6.31. The van der Waals surface area contributed by atoms with Gasteiger partial charge in [0.1, 0.15) is 0 Å². The van der Waals surface area contributed by atoms with E-state index in [4.69, 9.17) is 0 Å². The van der Waals surface area contributed by atoms with Gasteiger partial charge in [0.2, 0.25) is 0 Å². The summed E-state index contributed by atoms with van der Waals surface area (Å²) in [5.74, 6) is 0.772. The Morgan fingerprint density at radius 1 is 1.36 bits per heavy atom. The third-order valence-corrected chi connectivity index (χ3v) is 2.28. The van der Waals surface area contributed by atoms with Crippen molar-refractivity contribution >= 4 is 0 Å². The average Bonchev–Trinajstić information content (AvgIpc) is 1.99. The van der Waals surface area contributed by atoms with Crippen molar-refractivity contribution in [3.8, 4) is 0 Å². The molecule has 0 aliphatic rings. The van der Waals surface area contributed by atoms with Gasteiger partial charge in [0.25, 0.3) is 0 Å². The molecule has 0 heterocycles. The first kappa shape index (κ1) is 13.7. The minimum absolute atomic E-state index is 0.253. The number of hydrogen-bond acceptors (Lipinski definition) is 1. The van der Waals surface area contributed by atoms with Crippen molar-refractivity contribution in [3.05, 3.63) is 12.2 Å². The van der Waals surface area contributed by atoms with E-state index < -0.39 is 0 Å². The van der Waals surface area contributed by atoms with Crippen LogP contribution in [0.5, 0.6) is 0 Å². The highest BCUT2D eigenvalue weighted by atomic mass is 14.9. The zero-order valence-electron chi connectivity index (χ0n) is 10.6. The van der Waals surface area contributed by atoms with Crippen LogP contribution in [-0.2, 0) is 0 Å². The highest BCUT2D eigenvalue weighted by Gasteiger charge is 2.10.